The molecule has 1 atom stereocenters. The van der Waals surface area contributed by atoms with Crippen LogP contribution in [0.15, 0.2) is 36.7 Å². The van der Waals surface area contributed by atoms with Crippen molar-refractivity contribution >= 4 is 5.91 Å². The third-order valence-electron chi connectivity index (χ3n) is 3.86. The van der Waals surface area contributed by atoms with Crippen LogP contribution >= 0.6 is 0 Å². The molecule has 1 aliphatic rings. The maximum absolute atomic E-state index is 12.3. The van der Waals surface area contributed by atoms with Crippen molar-refractivity contribution in [1.82, 2.24) is 20.6 Å². The number of fused-ring (bicyclic) bond motifs is 1. The summed E-state index contributed by atoms with van der Waals surface area (Å²) in [6.45, 7) is 2.23. The summed E-state index contributed by atoms with van der Waals surface area (Å²) < 4.78 is 0. The first-order valence-corrected chi connectivity index (χ1v) is 7.39. The number of carbonyl (C=O) groups is 1. The van der Waals surface area contributed by atoms with Gasteiger partial charge in [0.05, 0.1) is 5.92 Å². The molecule has 1 unspecified atom stereocenters. The molecule has 2 heterocycles. The first kappa shape index (κ1) is 13.8. The average molecular weight is 284 g/mol. The van der Waals surface area contributed by atoms with E-state index in [1.807, 2.05) is 18.3 Å². The standard InChI is InChI=1S/C16H20N4O/c21-16(20-7-3-6-15-18-8-9-19-15)14-11-17-10-12-4-1-2-5-13(12)14/h1-2,4-5,8-9,14,17H,3,6-7,10-11H2,(H,18,19)(H,20,21). The minimum atomic E-state index is -0.0847. The molecule has 0 aliphatic carbocycles. The minimum Gasteiger partial charge on any atom is -0.356 e. The van der Waals surface area contributed by atoms with Gasteiger partial charge >= 0.3 is 0 Å². The minimum absolute atomic E-state index is 0.0847. The Labute approximate surface area is 124 Å². The van der Waals surface area contributed by atoms with E-state index >= 15 is 0 Å². The molecule has 0 fully saturated rings. The molecule has 0 saturated carbocycles. The molecule has 1 aliphatic heterocycles. The first-order valence-electron chi connectivity index (χ1n) is 7.39. The summed E-state index contributed by atoms with van der Waals surface area (Å²) in [6, 6.07) is 8.16. The third kappa shape index (κ3) is 3.31. The smallest absolute Gasteiger partial charge is 0.228 e. The van der Waals surface area contributed by atoms with Crippen molar-refractivity contribution in [2.24, 2.45) is 0 Å². The monoisotopic (exact) mass is 284 g/mol. The maximum atomic E-state index is 12.3. The highest BCUT2D eigenvalue weighted by molar-refractivity contribution is 5.84. The van der Waals surface area contributed by atoms with Crippen molar-refractivity contribution in [2.75, 3.05) is 13.1 Å². The number of amides is 1. The van der Waals surface area contributed by atoms with Crippen LogP contribution in [0.3, 0.4) is 0 Å². The predicted molar refractivity (Wildman–Crippen MR) is 80.8 cm³/mol. The van der Waals surface area contributed by atoms with Crippen molar-refractivity contribution in [3.63, 3.8) is 0 Å². The Bertz CT molecular complexity index is 594. The van der Waals surface area contributed by atoms with Crippen molar-refractivity contribution in [3.8, 4) is 0 Å². The van der Waals surface area contributed by atoms with Gasteiger partial charge in [-0.2, -0.15) is 0 Å². The van der Waals surface area contributed by atoms with E-state index in [0.717, 1.165) is 30.8 Å². The van der Waals surface area contributed by atoms with E-state index in [1.165, 1.54) is 5.56 Å². The van der Waals surface area contributed by atoms with Crippen molar-refractivity contribution < 1.29 is 4.79 Å². The molecule has 0 bridgehead atoms. The number of rotatable bonds is 5. The fraction of sp³-hybridized carbons (Fsp3) is 0.375. The zero-order valence-electron chi connectivity index (χ0n) is 11.9. The van der Waals surface area contributed by atoms with Gasteiger partial charge in [0.25, 0.3) is 0 Å². The van der Waals surface area contributed by atoms with Gasteiger partial charge in [0.15, 0.2) is 0 Å². The van der Waals surface area contributed by atoms with Crippen molar-refractivity contribution in [2.45, 2.75) is 25.3 Å². The molecule has 2 aromatic rings. The lowest BCUT2D eigenvalue weighted by Gasteiger charge is -2.25. The lowest BCUT2D eigenvalue weighted by atomic mass is 9.90. The molecule has 1 aromatic carbocycles. The number of benzene rings is 1. The predicted octanol–water partition coefficient (Wildman–Crippen LogP) is 1.35. The van der Waals surface area contributed by atoms with E-state index in [9.17, 15) is 4.79 Å². The molecule has 110 valence electrons. The Morgan fingerprint density at radius 2 is 2.29 bits per heavy atom. The molecule has 1 aromatic heterocycles. The van der Waals surface area contributed by atoms with Gasteiger partial charge in [-0.25, -0.2) is 4.98 Å². The van der Waals surface area contributed by atoms with Crippen LogP contribution in [0.4, 0.5) is 0 Å². The highest BCUT2D eigenvalue weighted by Crippen LogP contribution is 2.23. The first-order chi connectivity index (χ1) is 10.3. The van der Waals surface area contributed by atoms with Gasteiger partial charge in [-0.05, 0) is 17.5 Å². The number of nitrogens with one attached hydrogen (secondary N) is 3. The third-order valence-corrected chi connectivity index (χ3v) is 3.86. The van der Waals surface area contributed by atoms with Crippen molar-refractivity contribution in [3.05, 3.63) is 53.6 Å². The van der Waals surface area contributed by atoms with Gasteiger partial charge in [-0.15, -0.1) is 0 Å². The summed E-state index contributed by atoms with van der Waals surface area (Å²) in [7, 11) is 0. The molecule has 3 rings (SSSR count). The van der Waals surface area contributed by atoms with E-state index in [4.69, 9.17) is 0 Å². The summed E-state index contributed by atoms with van der Waals surface area (Å²) >= 11 is 0. The average Bonchev–Trinajstić information content (AvgIpc) is 3.04. The molecule has 5 nitrogen and oxygen atoms in total. The zero-order chi connectivity index (χ0) is 14.5. The molecule has 5 heteroatoms. The van der Waals surface area contributed by atoms with Crippen LogP contribution in [-0.2, 0) is 17.8 Å². The largest absolute Gasteiger partial charge is 0.356 e. The molecule has 1 amide bonds. The topological polar surface area (TPSA) is 69.8 Å². The van der Waals surface area contributed by atoms with E-state index in [0.29, 0.717) is 13.1 Å². The van der Waals surface area contributed by atoms with E-state index < -0.39 is 0 Å². The van der Waals surface area contributed by atoms with Crippen molar-refractivity contribution in [1.29, 1.82) is 0 Å². The fourth-order valence-corrected chi connectivity index (χ4v) is 2.76. The van der Waals surface area contributed by atoms with Gasteiger partial charge in [-0.1, -0.05) is 24.3 Å². The normalized spacial score (nSPS) is 17.2. The van der Waals surface area contributed by atoms with E-state index in [1.54, 1.807) is 6.20 Å². The Morgan fingerprint density at radius 3 is 3.14 bits per heavy atom. The van der Waals surface area contributed by atoms with Crippen LogP contribution in [0.5, 0.6) is 0 Å². The number of imidazole rings is 1. The Morgan fingerprint density at radius 1 is 1.38 bits per heavy atom. The van der Waals surface area contributed by atoms with Gasteiger partial charge in [0.1, 0.15) is 5.82 Å². The van der Waals surface area contributed by atoms with Gasteiger partial charge in [0, 0.05) is 38.4 Å². The second kappa shape index (κ2) is 6.54. The number of H-pyrrole nitrogens is 1. The maximum Gasteiger partial charge on any atom is 0.228 e. The summed E-state index contributed by atoms with van der Waals surface area (Å²) in [5, 5.41) is 6.34. The SMILES string of the molecule is O=C(NCCCc1ncc[nH]1)C1CNCc2ccccc21. The molecule has 3 N–H and O–H groups in total. The highest BCUT2D eigenvalue weighted by atomic mass is 16.1. The molecule has 0 radical (unpaired) electrons. The van der Waals surface area contributed by atoms with E-state index in [-0.39, 0.29) is 11.8 Å². The number of carbonyl (C=O) groups excluding carboxylic acids is 1. The lowest BCUT2D eigenvalue weighted by Crippen LogP contribution is -2.39. The Balaban J connectivity index is 1.52. The summed E-state index contributed by atoms with van der Waals surface area (Å²) in [6.07, 6.45) is 5.31. The van der Waals surface area contributed by atoms with Crippen LogP contribution in [-0.4, -0.2) is 29.0 Å². The van der Waals surface area contributed by atoms with Crippen LogP contribution in [0.1, 0.15) is 29.3 Å². The zero-order valence-corrected chi connectivity index (χ0v) is 11.9. The number of nitrogens with zero attached hydrogens (tertiary/aromatic N) is 1. The molecule has 0 spiro atoms. The van der Waals surface area contributed by atoms with Crippen LogP contribution < -0.4 is 10.6 Å². The molecule has 0 saturated heterocycles. The summed E-state index contributed by atoms with van der Waals surface area (Å²) in [5.74, 6) is 0.988. The summed E-state index contributed by atoms with van der Waals surface area (Å²) in [4.78, 5) is 19.6. The number of hydrogen-bond donors (Lipinski definition) is 3. The lowest BCUT2D eigenvalue weighted by molar-refractivity contribution is -0.122. The Kier molecular flexibility index (Phi) is 4.31. The molecular weight excluding hydrogens is 264 g/mol. The molecule has 21 heavy (non-hydrogen) atoms. The highest BCUT2D eigenvalue weighted by Gasteiger charge is 2.25. The summed E-state index contributed by atoms with van der Waals surface area (Å²) in [5.41, 5.74) is 2.37. The second-order valence-corrected chi connectivity index (χ2v) is 5.31. The number of aryl methyl sites for hydroxylation is 1. The van der Waals surface area contributed by atoms with Gasteiger partial charge in [-0.3, -0.25) is 4.79 Å². The van der Waals surface area contributed by atoms with Crippen LogP contribution in [0, 0.1) is 0 Å². The number of hydrogen-bond acceptors (Lipinski definition) is 3. The van der Waals surface area contributed by atoms with Crippen LogP contribution in [0.25, 0.3) is 0 Å². The molecular formula is C16H20N4O. The second-order valence-electron chi connectivity index (χ2n) is 5.31. The quantitative estimate of drug-likeness (QED) is 0.726. The Hall–Kier alpha value is -2.14. The fourth-order valence-electron chi connectivity index (χ4n) is 2.76. The number of aromatic amines is 1. The van der Waals surface area contributed by atoms with E-state index in [2.05, 4.69) is 32.7 Å². The van der Waals surface area contributed by atoms with Crippen LogP contribution in [0.2, 0.25) is 0 Å². The number of aromatic nitrogens is 2. The van der Waals surface area contributed by atoms with Gasteiger partial charge < -0.3 is 15.6 Å². The van der Waals surface area contributed by atoms with Gasteiger partial charge in [0.2, 0.25) is 5.91 Å².